The van der Waals surface area contributed by atoms with Gasteiger partial charge in [0.25, 0.3) is 0 Å². The highest BCUT2D eigenvalue weighted by Crippen LogP contribution is 2.25. The maximum atomic E-state index is 12.9. The van der Waals surface area contributed by atoms with Gasteiger partial charge in [0.05, 0.1) is 6.10 Å². The predicted octanol–water partition coefficient (Wildman–Crippen LogP) is 3.05. The van der Waals surface area contributed by atoms with Crippen LogP contribution >= 0.6 is 0 Å². The number of rotatable bonds is 2. The Bertz CT molecular complexity index is 365. The van der Waals surface area contributed by atoms with E-state index in [2.05, 4.69) is 19.2 Å². The van der Waals surface area contributed by atoms with Gasteiger partial charge in [0, 0.05) is 18.7 Å². The third-order valence-corrected chi connectivity index (χ3v) is 3.71. The molecular weight excluding hydrogens is 217 g/mol. The summed E-state index contributed by atoms with van der Waals surface area (Å²) in [6.07, 6.45) is 2.14. The minimum atomic E-state index is -0.200. The van der Waals surface area contributed by atoms with E-state index < -0.39 is 0 Å². The fourth-order valence-electron chi connectivity index (χ4n) is 2.11. The molecule has 0 amide bonds. The Morgan fingerprint density at radius 1 is 1.41 bits per heavy atom. The number of hydrogen-bond acceptors (Lipinski definition) is 2. The molecule has 2 rings (SSSR count). The molecule has 1 aromatic carbocycles. The molecule has 1 fully saturated rings. The molecule has 0 spiro atoms. The van der Waals surface area contributed by atoms with Gasteiger partial charge >= 0.3 is 0 Å². The Morgan fingerprint density at radius 2 is 2.12 bits per heavy atom. The quantitative estimate of drug-likeness (QED) is 0.853. The lowest BCUT2D eigenvalue weighted by Crippen LogP contribution is -2.42. The molecule has 3 heteroatoms. The highest BCUT2D eigenvalue weighted by molar-refractivity contribution is 5.19. The van der Waals surface area contributed by atoms with E-state index in [9.17, 15) is 4.39 Å². The van der Waals surface area contributed by atoms with E-state index >= 15 is 0 Å². The molecule has 0 bridgehead atoms. The Hall–Kier alpha value is -0.930. The largest absolute Gasteiger partial charge is 0.372 e. The molecule has 2 nitrogen and oxygen atoms in total. The van der Waals surface area contributed by atoms with E-state index in [1.54, 1.807) is 12.1 Å². The van der Waals surface area contributed by atoms with Gasteiger partial charge in [0.2, 0.25) is 0 Å². The van der Waals surface area contributed by atoms with E-state index in [1.807, 2.05) is 0 Å². The summed E-state index contributed by atoms with van der Waals surface area (Å²) in [5, 5.41) is 3.55. The molecule has 1 heterocycles. The summed E-state index contributed by atoms with van der Waals surface area (Å²) in [5.74, 6) is -0.200. The molecule has 2 atom stereocenters. The van der Waals surface area contributed by atoms with E-state index in [1.165, 1.54) is 12.1 Å². The van der Waals surface area contributed by atoms with Gasteiger partial charge in [-0.3, -0.25) is 0 Å². The van der Waals surface area contributed by atoms with E-state index in [0.29, 0.717) is 0 Å². The summed E-state index contributed by atoms with van der Waals surface area (Å²) in [5.41, 5.74) is 1.20. The monoisotopic (exact) mass is 237 g/mol. The first-order valence-electron chi connectivity index (χ1n) is 6.25. The first-order valence-corrected chi connectivity index (χ1v) is 6.25. The van der Waals surface area contributed by atoms with Gasteiger partial charge in [0.15, 0.2) is 0 Å². The molecule has 1 N–H and O–H groups in total. The van der Waals surface area contributed by atoms with E-state index in [4.69, 9.17) is 4.74 Å². The zero-order valence-electron chi connectivity index (χ0n) is 10.5. The Kier molecular flexibility index (Phi) is 3.79. The predicted molar refractivity (Wildman–Crippen MR) is 66.4 cm³/mol. The number of benzene rings is 1. The normalized spacial score (nSPS) is 29.9. The molecule has 2 unspecified atom stereocenters. The van der Waals surface area contributed by atoms with Crippen LogP contribution in [0.1, 0.15) is 38.4 Å². The van der Waals surface area contributed by atoms with E-state index in [0.717, 1.165) is 31.6 Å². The molecule has 17 heavy (non-hydrogen) atoms. The number of hydrogen-bond donors (Lipinski definition) is 1. The average molecular weight is 237 g/mol. The van der Waals surface area contributed by atoms with Crippen molar-refractivity contribution in [2.75, 3.05) is 13.2 Å². The zero-order valence-corrected chi connectivity index (χ0v) is 10.5. The van der Waals surface area contributed by atoms with Crippen LogP contribution in [-0.2, 0) is 4.74 Å². The second-order valence-electron chi connectivity index (χ2n) is 4.96. The van der Waals surface area contributed by atoms with Crippen molar-refractivity contribution >= 4 is 0 Å². The summed E-state index contributed by atoms with van der Waals surface area (Å²) in [6, 6.07) is 6.58. The summed E-state index contributed by atoms with van der Waals surface area (Å²) >= 11 is 0. The van der Waals surface area contributed by atoms with Crippen LogP contribution in [0.25, 0.3) is 0 Å². The van der Waals surface area contributed by atoms with Gasteiger partial charge < -0.3 is 10.1 Å². The minimum Gasteiger partial charge on any atom is -0.372 e. The fourth-order valence-corrected chi connectivity index (χ4v) is 2.11. The number of halogens is 1. The van der Waals surface area contributed by atoms with Gasteiger partial charge in [-0.2, -0.15) is 0 Å². The lowest BCUT2D eigenvalue weighted by Gasteiger charge is -2.27. The fraction of sp³-hybridized carbons (Fsp3) is 0.571. The van der Waals surface area contributed by atoms with Gasteiger partial charge in [0.1, 0.15) is 5.82 Å². The van der Waals surface area contributed by atoms with Crippen molar-refractivity contribution < 1.29 is 9.13 Å². The standard InChI is InChI=1S/C14H20FNO/c1-3-14(2)8-9-17-13(10-16-14)11-4-6-12(15)7-5-11/h4-7,13,16H,3,8-10H2,1-2H3. The Labute approximate surface area is 102 Å². The summed E-state index contributed by atoms with van der Waals surface area (Å²) < 4.78 is 18.7. The van der Waals surface area contributed by atoms with Crippen LogP contribution in [0, 0.1) is 5.82 Å². The van der Waals surface area contributed by atoms with Gasteiger partial charge in [-0.25, -0.2) is 4.39 Å². The number of ether oxygens (including phenoxy) is 1. The molecule has 1 aliphatic heterocycles. The first kappa shape index (κ1) is 12.5. The minimum absolute atomic E-state index is 0.0315. The molecule has 1 saturated heterocycles. The van der Waals surface area contributed by atoms with Gasteiger partial charge in [-0.05, 0) is 37.5 Å². The first-order chi connectivity index (χ1) is 8.13. The van der Waals surface area contributed by atoms with Crippen molar-refractivity contribution in [1.82, 2.24) is 5.32 Å². The topological polar surface area (TPSA) is 21.3 Å². The lowest BCUT2D eigenvalue weighted by molar-refractivity contribution is 0.0653. The zero-order chi connectivity index (χ0) is 12.3. The van der Waals surface area contributed by atoms with Gasteiger partial charge in [-0.1, -0.05) is 19.1 Å². The molecule has 0 aromatic heterocycles. The van der Waals surface area contributed by atoms with Crippen LogP contribution in [-0.4, -0.2) is 18.7 Å². The smallest absolute Gasteiger partial charge is 0.123 e. The third kappa shape index (κ3) is 3.05. The second kappa shape index (κ2) is 5.15. The molecule has 1 aromatic rings. The summed E-state index contributed by atoms with van der Waals surface area (Å²) in [6.45, 7) is 5.95. The van der Waals surface area contributed by atoms with Crippen molar-refractivity contribution in [3.05, 3.63) is 35.6 Å². The average Bonchev–Trinajstić information content (AvgIpc) is 2.53. The van der Waals surface area contributed by atoms with Crippen molar-refractivity contribution in [2.45, 2.75) is 38.3 Å². The van der Waals surface area contributed by atoms with Crippen LogP contribution < -0.4 is 5.32 Å². The molecule has 0 radical (unpaired) electrons. The molecule has 0 aliphatic carbocycles. The van der Waals surface area contributed by atoms with Crippen LogP contribution in [0.15, 0.2) is 24.3 Å². The van der Waals surface area contributed by atoms with Gasteiger partial charge in [-0.15, -0.1) is 0 Å². The Balaban J connectivity index is 2.06. The van der Waals surface area contributed by atoms with Crippen molar-refractivity contribution in [3.63, 3.8) is 0 Å². The van der Waals surface area contributed by atoms with Crippen molar-refractivity contribution in [3.8, 4) is 0 Å². The highest BCUT2D eigenvalue weighted by atomic mass is 19.1. The van der Waals surface area contributed by atoms with Crippen molar-refractivity contribution in [2.24, 2.45) is 0 Å². The number of nitrogens with one attached hydrogen (secondary N) is 1. The SMILES string of the molecule is CCC1(C)CCOC(c2ccc(F)cc2)CN1. The molecule has 1 aliphatic rings. The summed E-state index contributed by atoms with van der Waals surface area (Å²) in [4.78, 5) is 0. The lowest BCUT2D eigenvalue weighted by atomic mass is 9.95. The van der Waals surface area contributed by atoms with E-state index in [-0.39, 0.29) is 17.5 Å². The molecular formula is C14H20FNO. The molecule has 0 saturated carbocycles. The van der Waals surface area contributed by atoms with Crippen LogP contribution in [0.4, 0.5) is 4.39 Å². The van der Waals surface area contributed by atoms with Crippen LogP contribution in [0.2, 0.25) is 0 Å². The molecule has 94 valence electrons. The summed E-state index contributed by atoms with van der Waals surface area (Å²) in [7, 11) is 0. The third-order valence-electron chi connectivity index (χ3n) is 3.71. The Morgan fingerprint density at radius 3 is 2.76 bits per heavy atom. The van der Waals surface area contributed by atoms with Crippen LogP contribution in [0.5, 0.6) is 0 Å². The van der Waals surface area contributed by atoms with Crippen molar-refractivity contribution in [1.29, 1.82) is 0 Å². The highest BCUT2D eigenvalue weighted by Gasteiger charge is 2.27. The maximum Gasteiger partial charge on any atom is 0.123 e. The maximum absolute atomic E-state index is 12.9. The van der Waals surface area contributed by atoms with Crippen LogP contribution in [0.3, 0.4) is 0 Å². The second-order valence-corrected chi connectivity index (χ2v) is 4.96.